The largest absolute Gasteiger partial charge is 0.371 e. The van der Waals surface area contributed by atoms with Crippen LogP contribution in [0.25, 0.3) is 0 Å². The first-order chi connectivity index (χ1) is 20.9. The van der Waals surface area contributed by atoms with Crippen LogP contribution in [-0.4, -0.2) is 77.6 Å². The Kier molecular flexibility index (Phi) is 6.98. The van der Waals surface area contributed by atoms with Gasteiger partial charge >= 0.3 is 0 Å². The molecular formula is C33H33N5O5. The van der Waals surface area contributed by atoms with E-state index in [9.17, 15) is 24.0 Å². The van der Waals surface area contributed by atoms with Crippen LogP contribution < -0.4 is 15.5 Å². The molecule has 5 heterocycles. The summed E-state index contributed by atoms with van der Waals surface area (Å²) in [6.45, 7) is 4.34. The van der Waals surface area contributed by atoms with Crippen molar-refractivity contribution in [3.05, 3.63) is 64.2 Å². The van der Waals surface area contributed by atoms with Crippen LogP contribution in [0, 0.1) is 17.8 Å². The molecule has 0 spiro atoms. The molecule has 0 aliphatic carbocycles. The smallest absolute Gasteiger partial charge is 0.262 e. The molecule has 0 saturated carbocycles. The molecule has 7 rings (SSSR count). The van der Waals surface area contributed by atoms with Crippen LogP contribution in [0.2, 0.25) is 0 Å². The van der Waals surface area contributed by atoms with Gasteiger partial charge in [0.2, 0.25) is 11.8 Å². The highest BCUT2D eigenvalue weighted by molar-refractivity contribution is 6.23. The summed E-state index contributed by atoms with van der Waals surface area (Å²) in [6.07, 6.45) is 4.34. The molecular weight excluding hydrogens is 546 g/mol. The molecule has 10 heteroatoms. The molecule has 5 amide bonds. The summed E-state index contributed by atoms with van der Waals surface area (Å²) in [4.78, 5) is 68.0. The normalized spacial score (nSPS) is 23.1. The Morgan fingerprint density at radius 1 is 0.767 bits per heavy atom. The van der Waals surface area contributed by atoms with E-state index in [1.165, 1.54) is 0 Å². The number of nitrogens with zero attached hydrogens (tertiary/aromatic N) is 3. The lowest BCUT2D eigenvalue weighted by Gasteiger charge is -2.42. The van der Waals surface area contributed by atoms with Gasteiger partial charge in [0.25, 0.3) is 17.7 Å². The molecule has 0 radical (unpaired) electrons. The summed E-state index contributed by atoms with van der Waals surface area (Å²) in [5.41, 5.74) is 4.20. The maximum Gasteiger partial charge on any atom is 0.262 e. The molecule has 5 aliphatic rings. The highest BCUT2D eigenvalue weighted by Gasteiger charge is 2.45. The van der Waals surface area contributed by atoms with Gasteiger partial charge in [0, 0.05) is 54.8 Å². The monoisotopic (exact) mass is 579 g/mol. The topological polar surface area (TPSA) is 119 Å². The number of piperidine rings is 3. The van der Waals surface area contributed by atoms with E-state index in [0.29, 0.717) is 29.6 Å². The predicted octanol–water partition coefficient (Wildman–Crippen LogP) is 2.06. The number of likely N-dealkylation sites (tertiary alicyclic amines) is 1. The zero-order valence-corrected chi connectivity index (χ0v) is 23.9. The van der Waals surface area contributed by atoms with Gasteiger partial charge < -0.3 is 15.1 Å². The third-order valence-electron chi connectivity index (χ3n) is 9.51. The highest BCUT2D eigenvalue weighted by atomic mass is 16.2. The second-order valence-electron chi connectivity index (χ2n) is 12.0. The van der Waals surface area contributed by atoms with Crippen molar-refractivity contribution in [2.45, 2.75) is 57.2 Å². The van der Waals surface area contributed by atoms with E-state index in [0.717, 1.165) is 79.1 Å². The van der Waals surface area contributed by atoms with Crippen LogP contribution in [0.5, 0.6) is 0 Å². The van der Waals surface area contributed by atoms with Gasteiger partial charge in [-0.3, -0.25) is 34.2 Å². The second-order valence-corrected chi connectivity index (χ2v) is 12.0. The zero-order valence-electron chi connectivity index (χ0n) is 23.9. The molecule has 3 saturated heterocycles. The number of carbonyl (C=O) groups is 5. The van der Waals surface area contributed by atoms with Gasteiger partial charge in [-0.15, -0.1) is 0 Å². The van der Waals surface area contributed by atoms with Crippen molar-refractivity contribution in [2.75, 3.05) is 31.1 Å². The summed E-state index contributed by atoms with van der Waals surface area (Å²) in [7, 11) is 0. The van der Waals surface area contributed by atoms with Crippen molar-refractivity contribution in [1.29, 1.82) is 0 Å². The molecule has 2 aromatic carbocycles. The maximum atomic E-state index is 13.2. The number of nitrogens with one attached hydrogen (secondary N) is 2. The van der Waals surface area contributed by atoms with Crippen LogP contribution in [0.1, 0.15) is 80.7 Å². The molecule has 3 fully saturated rings. The van der Waals surface area contributed by atoms with Gasteiger partial charge in [-0.05, 0) is 81.1 Å². The average molecular weight is 580 g/mol. The van der Waals surface area contributed by atoms with Crippen molar-refractivity contribution >= 4 is 35.2 Å². The van der Waals surface area contributed by atoms with Crippen molar-refractivity contribution in [3.8, 4) is 11.8 Å². The molecule has 220 valence electrons. The van der Waals surface area contributed by atoms with Crippen LogP contribution >= 0.6 is 0 Å². The van der Waals surface area contributed by atoms with Crippen molar-refractivity contribution in [2.24, 2.45) is 5.92 Å². The van der Waals surface area contributed by atoms with Gasteiger partial charge in [0.15, 0.2) is 0 Å². The standard InChI is InChI=1S/C33H33N5O5/c39-29-8-7-28(31(41)35-29)38-32(42)25-6-5-24(18-27(25)33(38)43)37-15-11-23(12-16-37)36-13-9-20(10-14-36)1-2-21-3-4-22-19-34-30(40)26(22)17-21/h3-6,17-18,20,23,28H,7-16,19H2,(H,34,40)(H,35,39,41). The lowest BCUT2D eigenvalue weighted by molar-refractivity contribution is -0.136. The third-order valence-corrected chi connectivity index (χ3v) is 9.51. The molecule has 2 N–H and O–H groups in total. The number of benzene rings is 2. The number of imide groups is 2. The molecule has 2 aromatic rings. The second kappa shape index (κ2) is 11.0. The first-order valence-electron chi connectivity index (χ1n) is 15.1. The lowest BCUT2D eigenvalue weighted by atomic mass is 9.93. The first-order valence-corrected chi connectivity index (χ1v) is 15.1. The van der Waals surface area contributed by atoms with E-state index >= 15 is 0 Å². The number of carbonyl (C=O) groups excluding carboxylic acids is 5. The van der Waals surface area contributed by atoms with E-state index in [4.69, 9.17) is 0 Å². The van der Waals surface area contributed by atoms with Crippen molar-refractivity contribution in [3.63, 3.8) is 0 Å². The number of fused-ring (bicyclic) bond motifs is 2. The highest BCUT2D eigenvalue weighted by Crippen LogP contribution is 2.32. The fourth-order valence-electron chi connectivity index (χ4n) is 7.03. The van der Waals surface area contributed by atoms with E-state index in [-0.39, 0.29) is 24.7 Å². The lowest BCUT2D eigenvalue weighted by Crippen LogP contribution is -2.54. The van der Waals surface area contributed by atoms with E-state index in [2.05, 4.69) is 32.3 Å². The number of rotatable bonds is 3. The number of amides is 5. The average Bonchev–Trinajstić information content (AvgIpc) is 3.52. The summed E-state index contributed by atoms with van der Waals surface area (Å²) in [6, 6.07) is 10.8. The van der Waals surface area contributed by atoms with Crippen molar-refractivity contribution < 1.29 is 24.0 Å². The van der Waals surface area contributed by atoms with E-state index < -0.39 is 23.8 Å². The summed E-state index contributed by atoms with van der Waals surface area (Å²) in [5.74, 6) is 5.14. The molecule has 5 aliphatic heterocycles. The summed E-state index contributed by atoms with van der Waals surface area (Å²) < 4.78 is 0. The van der Waals surface area contributed by atoms with Gasteiger partial charge in [-0.1, -0.05) is 17.9 Å². The van der Waals surface area contributed by atoms with E-state index in [1.807, 2.05) is 24.3 Å². The molecule has 10 nitrogen and oxygen atoms in total. The Morgan fingerprint density at radius 2 is 1.53 bits per heavy atom. The minimum Gasteiger partial charge on any atom is -0.371 e. The quantitative estimate of drug-likeness (QED) is 0.422. The van der Waals surface area contributed by atoms with Gasteiger partial charge in [-0.2, -0.15) is 0 Å². The Labute approximate surface area is 249 Å². The first kappa shape index (κ1) is 27.3. The molecule has 0 aromatic heterocycles. The SMILES string of the molecule is O=C1CCC(N2C(=O)c3ccc(N4CCC(N5CCC(C#Cc6ccc7c(c6)C(=O)NC7)CC5)CC4)cc3C2=O)C(=O)N1. The van der Waals surface area contributed by atoms with Crippen LogP contribution in [0.4, 0.5) is 5.69 Å². The van der Waals surface area contributed by atoms with Crippen LogP contribution in [-0.2, 0) is 16.1 Å². The zero-order chi connectivity index (χ0) is 29.7. The number of anilines is 1. The van der Waals surface area contributed by atoms with E-state index in [1.54, 1.807) is 12.1 Å². The van der Waals surface area contributed by atoms with Crippen LogP contribution in [0.15, 0.2) is 36.4 Å². The molecule has 43 heavy (non-hydrogen) atoms. The summed E-state index contributed by atoms with van der Waals surface area (Å²) in [5, 5.41) is 5.09. The van der Waals surface area contributed by atoms with Gasteiger partial charge in [-0.25, -0.2) is 0 Å². The third kappa shape index (κ3) is 5.08. The number of hydrogen-bond acceptors (Lipinski definition) is 7. The van der Waals surface area contributed by atoms with Gasteiger partial charge in [0.1, 0.15) is 6.04 Å². The fourth-order valence-corrected chi connectivity index (χ4v) is 7.03. The Hall–Kier alpha value is -4.49. The predicted molar refractivity (Wildman–Crippen MR) is 157 cm³/mol. The Bertz CT molecular complexity index is 1610. The maximum absolute atomic E-state index is 13.2. The number of hydrogen-bond donors (Lipinski definition) is 2. The molecule has 0 bridgehead atoms. The minimum atomic E-state index is -0.957. The Morgan fingerprint density at radius 3 is 2.30 bits per heavy atom. The Balaban J connectivity index is 0.931. The molecule has 1 unspecified atom stereocenters. The van der Waals surface area contributed by atoms with Crippen molar-refractivity contribution in [1.82, 2.24) is 20.4 Å². The molecule has 1 atom stereocenters. The fraction of sp³-hybridized carbons (Fsp3) is 0.424. The summed E-state index contributed by atoms with van der Waals surface area (Å²) >= 11 is 0. The minimum absolute atomic E-state index is 0.0193. The van der Waals surface area contributed by atoms with Gasteiger partial charge in [0.05, 0.1) is 11.1 Å². The van der Waals surface area contributed by atoms with Crippen LogP contribution in [0.3, 0.4) is 0 Å².